The van der Waals surface area contributed by atoms with E-state index in [0.29, 0.717) is 21.9 Å². The summed E-state index contributed by atoms with van der Waals surface area (Å²) in [4.78, 5) is 59.7. The number of rotatable bonds is 21. The number of carbonyl (C=O) groups is 4. The molecule has 50 heavy (non-hydrogen) atoms. The van der Waals surface area contributed by atoms with Crippen molar-refractivity contribution in [2.75, 3.05) is 53.2 Å². The smallest absolute Gasteiger partial charge is 0.421 e. The molecule has 0 saturated carbocycles. The second kappa shape index (κ2) is 19.5. The van der Waals surface area contributed by atoms with Gasteiger partial charge in [0, 0.05) is 49.0 Å². The largest absolute Gasteiger partial charge is 0.481 e. The summed E-state index contributed by atoms with van der Waals surface area (Å²) in [5, 5.41) is 12.8. The van der Waals surface area contributed by atoms with Gasteiger partial charge in [0.2, 0.25) is 0 Å². The Balaban J connectivity index is 1.93. The summed E-state index contributed by atoms with van der Waals surface area (Å²) in [6, 6.07) is 1.62. The van der Waals surface area contributed by atoms with Crippen molar-refractivity contribution in [3.8, 4) is 0 Å². The maximum absolute atomic E-state index is 13.5. The van der Waals surface area contributed by atoms with Crippen LogP contribution in [0.3, 0.4) is 0 Å². The molecule has 0 aromatic carbocycles. The van der Waals surface area contributed by atoms with Crippen LogP contribution >= 0.6 is 11.3 Å². The summed E-state index contributed by atoms with van der Waals surface area (Å²) in [7, 11) is -2.83. The lowest BCUT2D eigenvalue weighted by atomic mass is 9.95. The van der Waals surface area contributed by atoms with Crippen LogP contribution in [0.5, 0.6) is 0 Å². The Hall–Kier alpha value is -3.82. The van der Waals surface area contributed by atoms with Gasteiger partial charge in [-0.05, 0) is 32.4 Å². The third-order valence-electron chi connectivity index (χ3n) is 6.48. The van der Waals surface area contributed by atoms with E-state index in [1.807, 2.05) is 20.8 Å². The Morgan fingerprint density at radius 2 is 1.80 bits per heavy atom. The minimum Gasteiger partial charge on any atom is -0.481 e. The summed E-state index contributed by atoms with van der Waals surface area (Å²) < 4.78 is 49.0. The number of hydroxylamine groups is 2. The summed E-state index contributed by atoms with van der Waals surface area (Å²) >= 11 is 1.18. The Kier molecular flexibility index (Phi) is 16.5. The van der Waals surface area contributed by atoms with Crippen LogP contribution in [0.1, 0.15) is 63.6 Å². The lowest BCUT2D eigenvalue weighted by Crippen LogP contribution is -2.40. The van der Waals surface area contributed by atoms with E-state index in [1.54, 1.807) is 30.7 Å². The molecular formula is C30H48N6O12S2. The third kappa shape index (κ3) is 15.8. The molecule has 1 aromatic heterocycles. The first-order valence-corrected chi connectivity index (χ1v) is 18.0. The number of ether oxygens (including phenoxy) is 4. The molecule has 0 bridgehead atoms. The van der Waals surface area contributed by atoms with E-state index in [4.69, 9.17) is 34.6 Å². The van der Waals surface area contributed by atoms with Crippen LogP contribution in [0.15, 0.2) is 16.6 Å². The zero-order valence-corrected chi connectivity index (χ0v) is 30.8. The van der Waals surface area contributed by atoms with Crippen LogP contribution in [-0.4, -0.2) is 107 Å². The molecule has 20 heteroatoms. The topological polar surface area (TPSA) is 247 Å². The van der Waals surface area contributed by atoms with E-state index >= 15 is 0 Å². The third-order valence-corrected chi connectivity index (χ3v) is 8.51. The number of methoxy groups -OCH3 is 1. The number of amidine groups is 1. The van der Waals surface area contributed by atoms with Gasteiger partial charge in [-0.2, -0.15) is 13.1 Å². The second-order valence-electron chi connectivity index (χ2n) is 12.5. The SMILES string of the molecule is CCCN(OCCNC(=O)OCC(C)(C)COC(C)(C)CC(=O)O)C(=O)C1=Cc2sc(CNS(=O)(=O)NC(=O)OCCOC)cc2N=C(N)C1. The maximum Gasteiger partial charge on any atom is 0.421 e. The number of carbonyl (C=O) groups excluding carboxylic acids is 3. The summed E-state index contributed by atoms with van der Waals surface area (Å²) in [5.41, 5.74) is 5.38. The first kappa shape index (κ1) is 42.3. The van der Waals surface area contributed by atoms with Crippen LogP contribution in [0.2, 0.25) is 0 Å². The van der Waals surface area contributed by atoms with E-state index in [9.17, 15) is 27.6 Å². The fourth-order valence-corrected chi connectivity index (χ4v) is 5.87. The molecule has 1 aliphatic heterocycles. The van der Waals surface area contributed by atoms with Gasteiger partial charge in [-0.15, -0.1) is 11.3 Å². The molecule has 282 valence electrons. The second-order valence-corrected chi connectivity index (χ2v) is 15.2. The van der Waals surface area contributed by atoms with E-state index in [0.717, 1.165) is 0 Å². The number of thiophene rings is 1. The number of hydrogen-bond donors (Lipinski definition) is 5. The molecule has 0 spiro atoms. The Bertz CT molecular complexity index is 1510. The first-order valence-electron chi connectivity index (χ1n) is 15.7. The minimum atomic E-state index is -4.23. The van der Waals surface area contributed by atoms with Gasteiger partial charge < -0.3 is 35.1 Å². The summed E-state index contributed by atoms with van der Waals surface area (Å²) in [6.45, 7) is 9.07. The highest BCUT2D eigenvalue weighted by atomic mass is 32.2. The predicted molar refractivity (Wildman–Crippen MR) is 184 cm³/mol. The zero-order chi connectivity index (χ0) is 37.5. The Morgan fingerprint density at radius 1 is 1.08 bits per heavy atom. The lowest BCUT2D eigenvalue weighted by Gasteiger charge is -2.30. The molecule has 6 N–H and O–H groups in total. The quantitative estimate of drug-likeness (QED) is 0.0897. The van der Waals surface area contributed by atoms with E-state index < -0.39 is 45.3 Å². The predicted octanol–water partition coefficient (Wildman–Crippen LogP) is 2.42. The summed E-state index contributed by atoms with van der Waals surface area (Å²) in [6.07, 6.45) is 0.205. The van der Waals surface area contributed by atoms with E-state index in [-0.39, 0.29) is 76.9 Å². The van der Waals surface area contributed by atoms with E-state index in [2.05, 4.69) is 15.0 Å². The molecular weight excluding hydrogens is 700 g/mol. The van der Waals surface area contributed by atoms with Crippen molar-refractivity contribution in [2.45, 2.75) is 66.0 Å². The molecule has 0 unspecified atom stereocenters. The van der Waals surface area contributed by atoms with Gasteiger partial charge in [0.15, 0.2) is 0 Å². The van der Waals surface area contributed by atoms with Gasteiger partial charge in [0.05, 0.1) is 42.4 Å². The average Bonchev–Trinajstić information content (AvgIpc) is 3.31. The van der Waals surface area contributed by atoms with E-state index in [1.165, 1.54) is 23.5 Å². The maximum atomic E-state index is 13.5. The van der Waals surface area contributed by atoms with Crippen molar-refractivity contribution in [1.82, 2.24) is 19.8 Å². The van der Waals surface area contributed by atoms with Crippen molar-refractivity contribution < 1.29 is 56.5 Å². The number of alkyl carbamates (subject to hydrolysis) is 1. The number of carboxylic acid groups (broad SMARTS) is 1. The molecule has 1 aromatic rings. The molecule has 2 rings (SSSR count). The standard InChI is InChI=1S/C30H48N6O12S2/c1-7-9-36(48-10-8-32-27(40)46-18-29(2,3)19-47-30(4,5)16-25(37)38)26(39)20-13-23-22(34-24(31)14-20)15-21(49-23)17-33-50(42,43)35-28(41)45-12-11-44-6/h13,15,33H,7-12,14,16-19H2,1-6H3,(H2,31,34)(H,32,40)(H,35,41)(H,37,38). The normalized spacial score (nSPS) is 13.3. The highest BCUT2D eigenvalue weighted by Gasteiger charge is 2.29. The number of fused-ring (bicyclic) bond motifs is 1. The number of nitrogens with two attached hydrogens (primary N) is 1. The van der Waals surface area contributed by atoms with Gasteiger partial charge in [0.25, 0.3) is 5.91 Å². The van der Waals surface area contributed by atoms with Gasteiger partial charge in [-0.1, -0.05) is 20.8 Å². The molecule has 3 amide bonds. The molecule has 0 fully saturated rings. The van der Waals surface area contributed by atoms with Gasteiger partial charge in [-0.3, -0.25) is 14.4 Å². The number of aliphatic imine (C=N–C) groups is 1. The van der Waals surface area contributed by atoms with Crippen LogP contribution in [0, 0.1) is 5.41 Å². The van der Waals surface area contributed by atoms with Crippen molar-refractivity contribution in [2.24, 2.45) is 16.1 Å². The zero-order valence-electron chi connectivity index (χ0n) is 29.2. The molecule has 0 atom stereocenters. The first-order chi connectivity index (χ1) is 23.3. The van der Waals surface area contributed by atoms with Crippen molar-refractivity contribution in [3.63, 3.8) is 0 Å². The number of amides is 3. The van der Waals surface area contributed by atoms with Gasteiger partial charge in [0.1, 0.15) is 19.0 Å². The Morgan fingerprint density at radius 3 is 2.46 bits per heavy atom. The molecule has 0 radical (unpaired) electrons. The fraction of sp³-hybridized carbons (Fsp3) is 0.633. The number of carboxylic acids is 1. The molecule has 0 aliphatic carbocycles. The van der Waals surface area contributed by atoms with Crippen LogP contribution in [0.4, 0.5) is 15.3 Å². The Labute approximate surface area is 295 Å². The van der Waals surface area contributed by atoms with Gasteiger partial charge >= 0.3 is 28.4 Å². The van der Waals surface area contributed by atoms with Crippen LogP contribution < -0.4 is 20.5 Å². The highest BCUT2D eigenvalue weighted by molar-refractivity contribution is 7.88. The number of aliphatic carboxylic acids is 1. The minimum absolute atomic E-state index is 0.0134. The average molecular weight is 749 g/mol. The van der Waals surface area contributed by atoms with Crippen molar-refractivity contribution >= 4 is 63.2 Å². The van der Waals surface area contributed by atoms with Crippen LogP contribution in [0.25, 0.3) is 6.08 Å². The number of nitrogens with zero attached hydrogens (tertiary/aromatic N) is 2. The monoisotopic (exact) mass is 748 g/mol. The summed E-state index contributed by atoms with van der Waals surface area (Å²) in [5.74, 6) is -1.27. The molecule has 2 heterocycles. The molecule has 0 saturated heterocycles. The van der Waals surface area contributed by atoms with Crippen LogP contribution in [-0.2, 0) is 50.1 Å². The number of nitrogens with one attached hydrogen (secondary N) is 3. The van der Waals surface area contributed by atoms with Crippen molar-refractivity contribution in [1.29, 1.82) is 0 Å². The molecule has 18 nitrogen and oxygen atoms in total. The van der Waals surface area contributed by atoms with Crippen molar-refractivity contribution in [3.05, 3.63) is 21.4 Å². The lowest BCUT2D eigenvalue weighted by molar-refractivity contribution is -0.181. The van der Waals surface area contributed by atoms with Gasteiger partial charge in [-0.25, -0.2) is 24.4 Å². The molecule has 1 aliphatic rings. The highest BCUT2D eigenvalue weighted by Crippen LogP contribution is 2.35. The fourth-order valence-electron chi connectivity index (χ4n) is 4.08. The number of hydrogen-bond acceptors (Lipinski definition) is 14.